The number of para-hydroxylation sites is 1. The van der Waals surface area contributed by atoms with Gasteiger partial charge in [0.1, 0.15) is 5.75 Å². The van der Waals surface area contributed by atoms with Gasteiger partial charge in [-0.3, -0.25) is 4.79 Å². The van der Waals surface area contributed by atoms with E-state index in [1.165, 1.54) is 0 Å². The Bertz CT molecular complexity index is 760. The van der Waals surface area contributed by atoms with Crippen LogP contribution in [0.5, 0.6) is 5.75 Å². The summed E-state index contributed by atoms with van der Waals surface area (Å²) in [5.74, 6) is 1.49. The summed E-state index contributed by atoms with van der Waals surface area (Å²) in [7, 11) is 7.09. The maximum absolute atomic E-state index is 12.0. The number of benzene rings is 2. The average Bonchev–Trinajstić information content (AvgIpc) is 2.68. The molecule has 0 aliphatic carbocycles. The van der Waals surface area contributed by atoms with Gasteiger partial charge in [0.05, 0.1) is 20.2 Å². The molecule has 0 aliphatic rings. The Morgan fingerprint density at radius 2 is 1.70 bits per heavy atom. The molecule has 0 fully saturated rings. The zero-order chi connectivity index (χ0) is 19.6. The normalized spacial score (nSPS) is 11.0. The number of likely N-dealkylation sites (N-methyl/N-ethyl adjacent to an activating group) is 1. The molecule has 2 rings (SSSR count). The molecule has 2 aromatic carbocycles. The number of aliphatic imine (C=N–C) groups is 1. The predicted octanol–water partition coefficient (Wildman–Crippen LogP) is 2.36. The Labute approximate surface area is 161 Å². The van der Waals surface area contributed by atoms with E-state index in [-0.39, 0.29) is 12.5 Å². The highest BCUT2D eigenvalue weighted by atomic mass is 16.5. The standard InChI is InChI=1S/C21H28N4O2/c1-24(2)20(26)15-23-21(22-14-17-10-6-5-7-11-17)25(3)16-18-12-8-9-13-19(18)27-4/h5-13H,14-16H2,1-4H3,(H,22,23). The lowest BCUT2D eigenvalue weighted by molar-refractivity contribution is -0.127. The molecule has 0 aromatic heterocycles. The SMILES string of the molecule is COc1ccccc1CN(C)C(=NCc1ccccc1)NCC(=O)N(C)C. The maximum Gasteiger partial charge on any atom is 0.241 e. The van der Waals surface area contributed by atoms with Crippen LogP contribution in [0.1, 0.15) is 11.1 Å². The predicted molar refractivity (Wildman–Crippen MR) is 109 cm³/mol. The van der Waals surface area contributed by atoms with Crippen molar-refractivity contribution in [3.63, 3.8) is 0 Å². The number of methoxy groups -OCH3 is 1. The zero-order valence-corrected chi connectivity index (χ0v) is 16.5. The quantitative estimate of drug-likeness (QED) is 0.602. The summed E-state index contributed by atoms with van der Waals surface area (Å²) < 4.78 is 5.44. The summed E-state index contributed by atoms with van der Waals surface area (Å²) in [6, 6.07) is 17.9. The van der Waals surface area contributed by atoms with Crippen LogP contribution in [0.4, 0.5) is 0 Å². The van der Waals surface area contributed by atoms with Gasteiger partial charge in [-0.25, -0.2) is 4.99 Å². The molecule has 0 unspecified atom stereocenters. The number of guanidine groups is 1. The first-order chi connectivity index (χ1) is 13.0. The molecule has 6 heteroatoms. The number of carbonyl (C=O) groups excluding carboxylic acids is 1. The Kier molecular flexibility index (Phi) is 7.67. The number of ether oxygens (including phenoxy) is 1. The smallest absolute Gasteiger partial charge is 0.241 e. The van der Waals surface area contributed by atoms with Crippen LogP contribution in [-0.4, -0.2) is 56.5 Å². The second-order valence-electron chi connectivity index (χ2n) is 6.44. The minimum Gasteiger partial charge on any atom is -0.496 e. The van der Waals surface area contributed by atoms with Crippen molar-refractivity contribution < 1.29 is 9.53 Å². The van der Waals surface area contributed by atoms with Crippen LogP contribution < -0.4 is 10.1 Å². The van der Waals surface area contributed by atoms with E-state index in [2.05, 4.69) is 5.32 Å². The maximum atomic E-state index is 12.0. The molecular weight excluding hydrogens is 340 g/mol. The molecule has 27 heavy (non-hydrogen) atoms. The fourth-order valence-corrected chi connectivity index (χ4v) is 2.54. The van der Waals surface area contributed by atoms with E-state index in [1.807, 2.05) is 66.5 Å². The fourth-order valence-electron chi connectivity index (χ4n) is 2.54. The summed E-state index contributed by atoms with van der Waals surface area (Å²) in [6.45, 7) is 1.34. The molecule has 1 N–H and O–H groups in total. The van der Waals surface area contributed by atoms with Gasteiger partial charge in [-0.05, 0) is 11.6 Å². The fraction of sp³-hybridized carbons (Fsp3) is 0.333. The Hall–Kier alpha value is -3.02. The zero-order valence-electron chi connectivity index (χ0n) is 16.5. The van der Waals surface area contributed by atoms with Crippen molar-refractivity contribution in [1.29, 1.82) is 0 Å². The van der Waals surface area contributed by atoms with Crippen molar-refractivity contribution in [2.75, 3.05) is 34.8 Å². The lowest BCUT2D eigenvalue weighted by atomic mass is 10.2. The van der Waals surface area contributed by atoms with E-state index in [9.17, 15) is 4.79 Å². The third kappa shape index (κ3) is 6.33. The second-order valence-corrected chi connectivity index (χ2v) is 6.44. The first-order valence-corrected chi connectivity index (χ1v) is 8.86. The minimum atomic E-state index is -0.00639. The summed E-state index contributed by atoms with van der Waals surface area (Å²) in [5.41, 5.74) is 2.16. The second kappa shape index (κ2) is 10.2. The summed E-state index contributed by atoms with van der Waals surface area (Å²) in [5, 5.41) is 3.17. The largest absolute Gasteiger partial charge is 0.496 e. The highest BCUT2D eigenvalue weighted by molar-refractivity contribution is 5.86. The van der Waals surface area contributed by atoms with E-state index in [4.69, 9.17) is 9.73 Å². The molecule has 0 heterocycles. The molecule has 1 amide bonds. The van der Waals surface area contributed by atoms with E-state index < -0.39 is 0 Å². The molecule has 0 spiro atoms. The Balaban J connectivity index is 2.15. The van der Waals surface area contributed by atoms with Crippen LogP contribution in [0.3, 0.4) is 0 Å². The number of carbonyl (C=O) groups is 1. The number of rotatable bonds is 7. The molecule has 0 aliphatic heterocycles. The molecule has 0 atom stereocenters. The summed E-state index contributed by atoms with van der Waals surface area (Å²) in [6.07, 6.45) is 0. The molecule has 0 radical (unpaired) electrons. The van der Waals surface area contributed by atoms with E-state index in [1.54, 1.807) is 26.1 Å². The molecule has 144 valence electrons. The minimum absolute atomic E-state index is 0.00639. The first kappa shape index (κ1) is 20.3. The van der Waals surface area contributed by atoms with Crippen molar-refractivity contribution in [3.05, 3.63) is 65.7 Å². The highest BCUT2D eigenvalue weighted by Gasteiger charge is 2.12. The number of hydrogen-bond donors (Lipinski definition) is 1. The van der Waals surface area contributed by atoms with Gasteiger partial charge in [0.2, 0.25) is 5.91 Å². The monoisotopic (exact) mass is 368 g/mol. The van der Waals surface area contributed by atoms with Crippen molar-refractivity contribution in [2.24, 2.45) is 4.99 Å². The summed E-state index contributed by atoms with van der Waals surface area (Å²) in [4.78, 5) is 20.2. The van der Waals surface area contributed by atoms with Crippen molar-refractivity contribution in [2.45, 2.75) is 13.1 Å². The molecule has 2 aromatic rings. The van der Waals surface area contributed by atoms with E-state index >= 15 is 0 Å². The molecule has 0 bridgehead atoms. The molecule has 6 nitrogen and oxygen atoms in total. The number of hydrogen-bond acceptors (Lipinski definition) is 3. The van der Waals surface area contributed by atoms with Crippen LogP contribution in [0.2, 0.25) is 0 Å². The topological polar surface area (TPSA) is 57.2 Å². The Morgan fingerprint density at radius 3 is 2.37 bits per heavy atom. The van der Waals surface area contributed by atoms with Gasteiger partial charge in [0.15, 0.2) is 5.96 Å². The molecular formula is C21H28N4O2. The van der Waals surface area contributed by atoms with E-state index in [0.29, 0.717) is 19.0 Å². The van der Waals surface area contributed by atoms with Crippen molar-refractivity contribution >= 4 is 11.9 Å². The van der Waals surface area contributed by atoms with Gasteiger partial charge < -0.3 is 19.9 Å². The number of amides is 1. The third-order valence-corrected chi connectivity index (χ3v) is 4.11. The van der Waals surface area contributed by atoms with Gasteiger partial charge in [-0.15, -0.1) is 0 Å². The van der Waals surface area contributed by atoms with Crippen molar-refractivity contribution in [1.82, 2.24) is 15.1 Å². The number of nitrogens with zero attached hydrogens (tertiary/aromatic N) is 3. The third-order valence-electron chi connectivity index (χ3n) is 4.11. The van der Waals surface area contributed by atoms with Crippen LogP contribution in [-0.2, 0) is 17.9 Å². The number of nitrogens with one attached hydrogen (secondary N) is 1. The average molecular weight is 368 g/mol. The molecule has 0 saturated carbocycles. The van der Waals surface area contributed by atoms with E-state index in [0.717, 1.165) is 16.9 Å². The van der Waals surface area contributed by atoms with Crippen LogP contribution in [0.15, 0.2) is 59.6 Å². The van der Waals surface area contributed by atoms with Crippen LogP contribution >= 0.6 is 0 Å². The van der Waals surface area contributed by atoms with Gasteiger partial charge in [-0.2, -0.15) is 0 Å². The first-order valence-electron chi connectivity index (χ1n) is 8.86. The van der Waals surface area contributed by atoms with Gasteiger partial charge >= 0.3 is 0 Å². The lowest BCUT2D eigenvalue weighted by Crippen LogP contribution is -2.43. The van der Waals surface area contributed by atoms with Gasteiger partial charge in [-0.1, -0.05) is 48.5 Å². The van der Waals surface area contributed by atoms with Gasteiger partial charge in [0.25, 0.3) is 0 Å². The van der Waals surface area contributed by atoms with Gasteiger partial charge in [0, 0.05) is 33.3 Å². The van der Waals surface area contributed by atoms with Crippen LogP contribution in [0, 0.1) is 0 Å². The highest BCUT2D eigenvalue weighted by Crippen LogP contribution is 2.18. The van der Waals surface area contributed by atoms with Crippen molar-refractivity contribution in [3.8, 4) is 5.75 Å². The lowest BCUT2D eigenvalue weighted by Gasteiger charge is -2.24. The molecule has 0 saturated heterocycles. The Morgan fingerprint density at radius 1 is 1.04 bits per heavy atom. The summed E-state index contributed by atoms with van der Waals surface area (Å²) >= 11 is 0. The van der Waals surface area contributed by atoms with Crippen LogP contribution in [0.25, 0.3) is 0 Å².